The SMILES string of the molecule is [Br-].[Br-].[Br-].[Br-].[Br-].[La+3].[Li+].[Tl+]. The molecule has 0 saturated heterocycles. The summed E-state index contributed by atoms with van der Waals surface area (Å²) in [6.45, 7) is 0. The fraction of sp³-hybridized carbons (Fsp3) is 0. The van der Waals surface area contributed by atoms with Crippen LogP contribution in [-0.4, -0.2) is 27.3 Å². The summed E-state index contributed by atoms with van der Waals surface area (Å²) in [5.74, 6) is 0. The zero-order valence-corrected chi connectivity index (χ0v) is 20.1. The molecule has 0 aliphatic carbocycles. The van der Waals surface area contributed by atoms with E-state index >= 15 is 0 Å². The van der Waals surface area contributed by atoms with Crippen LogP contribution in [0.25, 0.3) is 0 Å². The van der Waals surface area contributed by atoms with E-state index in [-0.39, 0.29) is 167 Å². The molecule has 0 nitrogen and oxygen atoms in total. The van der Waals surface area contributed by atoms with Crippen molar-refractivity contribution in [2.24, 2.45) is 0 Å². The molecule has 0 bridgehead atoms. The molecule has 0 aliphatic rings. The molecule has 0 aliphatic heterocycles. The molecule has 0 aromatic rings. The van der Waals surface area contributed by atoms with E-state index in [1.165, 1.54) is 0 Å². The Morgan fingerprint density at radius 1 is 0.500 bits per heavy atom. The summed E-state index contributed by atoms with van der Waals surface area (Å²) in [5.41, 5.74) is 0. The average Bonchev–Trinajstić information content (AvgIpc) is 0. The van der Waals surface area contributed by atoms with Gasteiger partial charge in [-0.3, -0.25) is 0 Å². The third kappa shape index (κ3) is 43.5. The summed E-state index contributed by atoms with van der Waals surface area (Å²) >= 11 is 0. The smallest absolute Gasteiger partial charge is 1.00 e. The second-order valence-corrected chi connectivity index (χ2v) is 0. The molecule has 0 unspecified atom stereocenters. The van der Waals surface area contributed by atoms with E-state index in [0.717, 1.165) is 0 Å². The monoisotopic (exact) mass is 745 g/mol. The Bertz CT molecular complexity index is 12.4. The summed E-state index contributed by atoms with van der Waals surface area (Å²) in [6.07, 6.45) is 0. The minimum atomic E-state index is 0. The van der Waals surface area contributed by atoms with Gasteiger partial charge in [0.15, 0.2) is 0 Å². The fourth-order valence-corrected chi connectivity index (χ4v) is 0. The van der Waals surface area contributed by atoms with Crippen molar-refractivity contribution in [2.45, 2.75) is 0 Å². The molecule has 0 saturated carbocycles. The van der Waals surface area contributed by atoms with Gasteiger partial charge >= 0.3 is 81.8 Å². The topological polar surface area (TPSA) is 0 Å². The second kappa shape index (κ2) is 57.2. The molecule has 8 heteroatoms. The molecule has 0 aromatic heterocycles. The van der Waals surface area contributed by atoms with E-state index in [9.17, 15) is 0 Å². The maximum atomic E-state index is 0. The molecule has 0 fully saturated rings. The molecular formula is Br5LaLiTl. The van der Waals surface area contributed by atoms with Gasteiger partial charge in [-0.15, -0.1) is 0 Å². The minimum Gasteiger partial charge on any atom is -1.00 e. The van der Waals surface area contributed by atoms with Crippen molar-refractivity contribution in [1.82, 2.24) is 0 Å². The van der Waals surface area contributed by atoms with Crippen LogP contribution in [0, 0.1) is 35.6 Å². The maximum Gasteiger partial charge on any atom is 3.00 e. The third-order valence-electron chi connectivity index (χ3n) is 0. The number of rotatable bonds is 0. The van der Waals surface area contributed by atoms with E-state index in [1.54, 1.807) is 0 Å². The summed E-state index contributed by atoms with van der Waals surface area (Å²) in [5, 5.41) is 0. The zero-order chi connectivity index (χ0) is 0. The molecular weight excluding hydrogens is 750 g/mol. The normalized spacial score (nSPS) is 0. The summed E-state index contributed by atoms with van der Waals surface area (Å²) in [6, 6.07) is 0. The van der Waals surface area contributed by atoms with E-state index < -0.39 is 0 Å². The van der Waals surface area contributed by atoms with Crippen LogP contribution >= 0.6 is 0 Å². The van der Waals surface area contributed by atoms with Gasteiger partial charge in [0, 0.05) is 0 Å². The van der Waals surface area contributed by atoms with Crippen LogP contribution in [0.3, 0.4) is 0 Å². The molecule has 8 heavy (non-hydrogen) atoms. The largest absolute Gasteiger partial charge is 3.00 e. The van der Waals surface area contributed by atoms with Gasteiger partial charge in [0.2, 0.25) is 0 Å². The Morgan fingerprint density at radius 2 is 0.500 bits per heavy atom. The molecule has 0 spiro atoms. The molecule has 0 N–H and O–H groups in total. The van der Waals surface area contributed by atoms with E-state index in [2.05, 4.69) is 0 Å². The van der Waals surface area contributed by atoms with Crippen LogP contribution in [-0.2, 0) is 0 Å². The van der Waals surface area contributed by atoms with Crippen molar-refractivity contribution in [3.05, 3.63) is 0 Å². The fourth-order valence-electron chi connectivity index (χ4n) is 0. The van der Waals surface area contributed by atoms with Crippen molar-refractivity contribution >= 4 is 27.3 Å². The van der Waals surface area contributed by atoms with Gasteiger partial charge in [-0.1, -0.05) is 0 Å². The Hall–Kier alpha value is 5.11. The van der Waals surface area contributed by atoms with Gasteiger partial charge in [0.1, 0.15) is 0 Å². The molecule has 42 valence electrons. The molecule has 0 aromatic carbocycles. The summed E-state index contributed by atoms with van der Waals surface area (Å²) < 4.78 is 0. The molecule has 0 amide bonds. The number of hydrogen-bond acceptors (Lipinski definition) is 0. The van der Waals surface area contributed by atoms with E-state index in [0.29, 0.717) is 0 Å². The van der Waals surface area contributed by atoms with Crippen molar-refractivity contribution in [3.8, 4) is 0 Å². The van der Waals surface area contributed by atoms with Crippen molar-refractivity contribution in [1.29, 1.82) is 0 Å². The summed E-state index contributed by atoms with van der Waals surface area (Å²) in [4.78, 5) is 0. The van der Waals surface area contributed by atoms with Gasteiger partial charge < -0.3 is 84.9 Å². The molecule has 0 atom stereocenters. The first-order valence-corrected chi connectivity index (χ1v) is 0. The quantitative estimate of drug-likeness (QED) is 0.216. The first-order valence-electron chi connectivity index (χ1n) is 0. The van der Waals surface area contributed by atoms with Crippen molar-refractivity contribution in [2.75, 3.05) is 0 Å². The van der Waals surface area contributed by atoms with Gasteiger partial charge in [-0.2, -0.15) is 0 Å². The van der Waals surface area contributed by atoms with E-state index in [1.807, 2.05) is 0 Å². The average molecular weight is 750 g/mol. The molecule has 0 radical (unpaired) electrons. The maximum absolute atomic E-state index is 0. The number of hydrogen-bond donors (Lipinski definition) is 0. The van der Waals surface area contributed by atoms with E-state index in [4.69, 9.17) is 0 Å². The predicted octanol–water partition coefficient (Wildman–Crippen LogP) is -18.4. The first kappa shape index (κ1) is 73.6. The Balaban J connectivity index is 0. The van der Waals surface area contributed by atoms with Gasteiger partial charge in [0.05, 0.1) is 0 Å². The van der Waals surface area contributed by atoms with Crippen molar-refractivity contribution in [3.63, 3.8) is 0 Å². The van der Waals surface area contributed by atoms with Crippen LogP contribution in [0.4, 0.5) is 0 Å². The van der Waals surface area contributed by atoms with Crippen LogP contribution < -0.4 is 104 Å². The first-order chi connectivity index (χ1) is 0. The zero-order valence-electron chi connectivity index (χ0n) is 4.04. The molecule has 0 heterocycles. The van der Waals surface area contributed by atoms with Crippen LogP contribution in [0.5, 0.6) is 0 Å². The van der Waals surface area contributed by atoms with Gasteiger partial charge in [-0.05, 0) is 0 Å². The van der Waals surface area contributed by atoms with Gasteiger partial charge in [0.25, 0.3) is 0 Å². The summed E-state index contributed by atoms with van der Waals surface area (Å²) in [7, 11) is 0. The third-order valence-corrected chi connectivity index (χ3v) is 0. The molecule has 0 rings (SSSR count). The van der Waals surface area contributed by atoms with Crippen LogP contribution in [0.15, 0.2) is 0 Å². The predicted molar refractivity (Wildman–Crippen MR) is 5.75 cm³/mol. The number of halogens is 5. The second-order valence-electron chi connectivity index (χ2n) is 0. The Labute approximate surface area is 163 Å². The van der Waals surface area contributed by atoms with Crippen LogP contribution in [0.1, 0.15) is 0 Å². The van der Waals surface area contributed by atoms with Gasteiger partial charge in [-0.25, -0.2) is 0 Å². The standard InChI is InChI=1S/5BrH.La.Li.Tl/h5*1H;;;/q;;;;;+3;2*+1/p-5. The van der Waals surface area contributed by atoms with Crippen LogP contribution in [0.2, 0.25) is 0 Å². The van der Waals surface area contributed by atoms with Crippen molar-refractivity contribution < 1.29 is 139 Å². The Morgan fingerprint density at radius 3 is 0.500 bits per heavy atom. The Kier molecular flexibility index (Phi) is 526. The minimum absolute atomic E-state index is 0.